The highest BCUT2D eigenvalue weighted by atomic mass is 35.5. The molecule has 20 heavy (non-hydrogen) atoms. The lowest BCUT2D eigenvalue weighted by atomic mass is 9.75. The van der Waals surface area contributed by atoms with Gasteiger partial charge >= 0.3 is 0 Å². The molecule has 2 aromatic rings. The van der Waals surface area contributed by atoms with E-state index >= 15 is 0 Å². The van der Waals surface area contributed by atoms with Crippen molar-refractivity contribution in [2.75, 3.05) is 0 Å². The van der Waals surface area contributed by atoms with Gasteiger partial charge in [0.15, 0.2) is 0 Å². The smallest absolute Gasteiger partial charge is 0.109 e. The van der Waals surface area contributed by atoms with Gasteiger partial charge in [0.2, 0.25) is 0 Å². The Bertz CT molecular complexity index is 549. The first-order valence-corrected chi connectivity index (χ1v) is 8.43. The molecule has 1 N–H and O–H groups in total. The zero-order valence-corrected chi connectivity index (χ0v) is 13.1. The van der Waals surface area contributed by atoms with Crippen LogP contribution in [0.4, 0.5) is 0 Å². The predicted octanol–water partition coefficient (Wildman–Crippen LogP) is 4.78. The van der Waals surface area contributed by atoms with Crippen molar-refractivity contribution in [2.24, 2.45) is 0 Å². The lowest BCUT2D eigenvalue weighted by molar-refractivity contribution is 0.262. The number of nitrogens with zero attached hydrogens (tertiary/aromatic N) is 1. The molecule has 1 aliphatic rings. The number of halogens is 1. The maximum atomic E-state index is 6.06. The van der Waals surface area contributed by atoms with Gasteiger partial charge in [0.1, 0.15) is 5.01 Å². The molecule has 3 rings (SSSR count). The van der Waals surface area contributed by atoms with Gasteiger partial charge < -0.3 is 5.32 Å². The molecule has 1 unspecified atom stereocenters. The molecule has 1 aromatic heterocycles. The summed E-state index contributed by atoms with van der Waals surface area (Å²) in [4.78, 5) is 4.43. The van der Waals surface area contributed by atoms with Crippen LogP contribution in [0.2, 0.25) is 5.02 Å². The lowest BCUT2D eigenvalue weighted by Crippen LogP contribution is -2.41. The summed E-state index contributed by atoms with van der Waals surface area (Å²) in [7, 11) is 0. The van der Waals surface area contributed by atoms with Crippen molar-refractivity contribution >= 4 is 22.9 Å². The standard InChI is InChI=1S/C16H19ClN2S/c1-2-15(16-18-6-7-20-16)19-14-9-12(10-14)11-4-3-5-13(17)8-11/h3-8,12,14-15,19H,2,9-10H2,1H3. The van der Waals surface area contributed by atoms with E-state index in [-0.39, 0.29) is 0 Å². The van der Waals surface area contributed by atoms with Gasteiger partial charge in [-0.05, 0) is 42.9 Å². The summed E-state index contributed by atoms with van der Waals surface area (Å²) in [6.07, 6.45) is 5.37. The minimum absolute atomic E-state index is 0.403. The van der Waals surface area contributed by atoms with Gasteiger partial charge in [-0.2, -0.15) is 0 Å². The Labute approximate surface area is 129 Å². The number of hydrogen-bond acceptors (Lipinski definition) is 3. The highest BCUT2D eigenvalue weighted by Gasteiger charge is 2.32. The van der Waals surface area contributed by atoms with Crippen molar-refractivity contribution in [2.45, 2.75) is 44.2 Å². The zero-order valence-electron chi connectivity index (χ0n) is 11.6. The first-order valence-electron chi connectivity index (χ1n) is 7.17. The summed E-state index contributed by atoms with van der Waals surface area (Å²) in [6.45, 7) is 2.21. The molecule has 1 atom stereocenters. The second-order valence-corrected chi connectivity index (χ2v) is 6.78. The van der Waals surface area contributed by atoms with Crippen LogP contribution in [0.15, 0.2) is 35.8 Å². The highest BCUT2D eigenvalue weighted by Crippen LogP contribution is 2.39. The average Bonchev–Trinajstić information content (AvgIpc) is 2.91. The fraction of sp³-hybridized carbons (Fsp3) is 0.438. The van der Waals surface area contributed by atoms with Crippen molar-refractivity contribution in [1.82, 2.24) is 10.3 Å². The second kappa shape index (κ2) is 6.25. The minimum atomic E-state index is 0.403. The molecule has 1 aliphatic carbocycles. The van der Waals surface area contributed by atoms with E-state index in [1.54, 1.807) is 11.3 Å². The molecular weight excluding hydrogens is 288 g/mol. The van der Waals surface area contributed by atoms with Gasteiger partial charge in [-0.3, -0.25) is 0 Å². The monoisotopic (exact) mass is 306 g/mol. The van der Waals surface area contributed by atoms with Crippen molar-refractivity contribution in [3.05, 3.63) is 51.4 Å². The van der Waals surface area contributed by atoms with Crippen molar-refractivity contribution in [1.29, 1.82) is 0 Å². The third kappa shape index (κ3) is 3.05. The molecular formula is C16H19ClN2S. The van der Waals surface area contributed by atoms with Gasteiger partial charge in [0.05, 0.1) is 6.04 Å². The van der Waals surface area contributed by atoms with E-state index in [9.17, 15) is 0 Å². The number of benzene rings is 1. The Balaban J connectivity index is 1.55. The van der Waals surface area contributed by atoms with E-state index in [1.807, 2.05) is 18.3 Å². The van der Waals surface area contributed by atoms with Crippen LogP contribution in [-0.2, 0) is 0 Å². The van der Waals surface area contributed by atoms with E-state index in [2.05, 4.69) is 34.7 Å². The minimum Gasteiger partial charge on any atom is -0.305 e. The Morgan fingerprint density at radius 3 is 2.95 bits per heavy atom. The van der Waals surface area contributed by atoms with E-state index in [1.165, 1.54) is 23.4 Å². The summed E-state index contributed by atoms with van der Waals surface area (Å²) in [5.74, 6) is 0.653. The van der Waals surface area contributed by atoms with Crippen LogP contribution in [-0.4, -0.2) is 11.0 Å². The first kappa shape index (κ1) is 14.1. The molecule has 0 radical (unpaired) electrons. The molecule has 0 spiro atoms. The van der Waals surface area contributed by atoms with Crippen molar-refractivity contribution < 1.29 is 0 Å². The Hall–Kier alpha value is -0.900. The van der Waals surface area contributed by atoms with Gasteiger partial charge in [0.25, 0.3) is 0 Å². The maximum absolute atomic E-state index is 6.06. The molecule has 106 valence electrons. The molecule has 0 bridgehead atoms. The van der Waals surface area contributed by atoms with E-state index < -0.39 is 0 Å². The average molecular weight is 307 g/mol. The summed E-state index contributed by atoms with van der Waals surface area (Å²) < 4.78 is 0. The van der Waals surface area contributed by atoms with Gasteiger partial charge in [-0.15, -0.1) is 11.3 Å². The van der Waals surface area contributed by atoms with Crippen LogP contribution in [0.3, 0.4) is 0 Å². The number of aromatic nitrogens is 1. The highest BCUT2D eigenvalue weighted by molar-refractivity contribution is 7.09. The largest absolute Gasteiger partial charge is 0.305 e. The van der Waals surface area contributed by atoms with Gasteiger partial charge in [0, 0.05) is 22.6 Å². The number of thiazole rings is 1. The number of rotatable bonds is 5. The third-order valence-electron chi connectivity index (χ3n) is 4.05. The van der Waals surface area contributed by atoms with E-state index in [4.69, 9.17) is 11.6 Å². The maximum Gasteiger partial charge on any atom is 0.109 e. The fourth-order valence-corrected chi connectivity index (χ4v) is 3.82. The molecule has 2 nitrogen and oxygen atoms in total. The van der Waals surface area contributed by atoms with Gasteiger partial charge in [-0.25, -0.2) is 4.98 Å². The molecule has 0 amide bonds. The van der Waals surface area contributed by atoms with E-state index in [0.29, 0.717) is 18.0 Å². The van der Waals surface area contributed by atoms with Crippen LogP contribution in [0.1, 0.15) is 48.7 Å². The van der Waals surface area contributed by atoms with Crippen LogP contribution in [0.25, 0.3) is 0 Å². The normalized spacial score (nSPS) is 23.3. The Morgan fingerprint density at radius 1 is 1.45 bits per heavy atom. The number of nitrogens with one attached hydrogen (secondary N) is 1. The van der Waals surface area contributed by atoms with Crippen LogP contribution in [0, 0.1) is 0 Å². The molecule has 4 heteroatoms. The van der Waals surface area contributed by atoms with Crippen LogP contribution < -0.4 is 5.32 Å². The van der Waals surface area contributed by atoms with Gasteiger partial charge in [-0.1, -0.05) is 30.7 Å². The van der Waals surface area contributed by atoms with Crippen LogP contribution in [0.5, 0.6) is 0 Å². The quantitative estimate of drug-likeness (QED) is 0.859. The summed E-state index contributed by atoms with van der Waals surface area (Å²) in [5.41, 5.74) is 1.37. The third-order valence-corrected chi connectivity index (χ3v) is 5.18. The van der Waals surface area contributed by atoms with E-state index in [0.717, 1.165) is 11.4 Å². The lowest BCUT2D eigenvalue weighted by Gasteiger charge is -2.38. The predicted molar refractivity (Wildman–Crippen MR) is 85.5 cm³/mol. The summed E-state index contributed by atoms with van der Waals surface area (Å²) >= 11 is 7.80. The SMILES string of the molecule is CCC(NC1CC(c2cccc(Cl)c2)C1)c1nccs1. The van der Waals surface area contributed by atoms with Crippen molar-refractivity contribution in [3.8, 4) is 0 Å². The topological polar surface area (TPSA) is 24.9 Å². The molecule has 1 fully saturated rings. The first-order chi connectivity index (χ1) is 9.76. The van der Waals surface area contributed by atoms with Crippen molar-refractivity contribution in [3.63, 3.8) is 0 Å². The molecule has 1 aromatic carbocycles. The molecule has 1 saturated carbocycles. The fourth-order valence-electron chi connectivity index (χ4n) is 2.84. The Kier molecular flexibility index (Phi) is 4.39. The number of hydrogen-bond donors (Lipinski definition) is 1. The second-order valence-electron chi connectivity index (χ2n) is 5.42. The molecule has 0 saturated heterocycles. The zero-order chi connectivity index (χ0) is 13.9. The Morgan fingerprint density at radius 2 is 2.30 bits per heavy atom. The summed E-state index contributed by atoms with van der Waals surface area (Å²) in [5, 5.41) is 7.83. The summed E-state index contributed by atoms with van der Waals surface area (Å²) in [6, 6.07) is 9.27. The molecule has 1 heterocycles. The van der Waals surface area contributed by atoms with Crippen LogP contribution >= 0.6 is 22.9 Å². The molecule has 0 aliphatic heterocycles.